The largest absolute Gasteiger partial charge is 0.456 e. The van der Waals surface area contributed by atoms with Crippen molar-refractivity contribution in [2.75, 3.05) is 19.6 Å². The van der Waals surface area contributed by atoms with Gasteiger partial charge in [0, 0.05) is 12.1 Å². The molecule has 1 aliphatic heterocycles. The van der Waals surface area contributed by atoms with Crippen molar-refractivity contribution in [3.63, 3.8) is 0 Å². The molecule has 4 heteroatoms. The average Bonchev–Trinajstić information content (AvgIpc) is 2.88. The summed E-state index contributed by atoms with van der Waals surface area (Å²) in [7, 11) is 0. The van der Waals surface area contributed by atoms with Crippen molar-refractivity contribution in [1.82, 2.24) is 10.6 Å². The molecule has 1 aliphatic rings. The van der Waals surface area contributed by atoms with Crippen LogP contribution in [0.25, 0.3) is 0 Å². The number of carbonyl (C=O) groups is 1. The van der Waals surface area contributed by atoms with Gasteiger partial charge >= 0.3 is 0 Å². The molecule has 2 heterocycles. The minimum atomic E-state index is -0.0958. The molecule has 1 amide bonds. The van der Waals surface area contributed by atoms with Gasteiger partial charge in [0.2, 0.25) is 0 Å². The van der Waals surface area contributed by atoms with Gasteiger partial charge in [-0.05, 0) is 51.8 Å². The van der Waals surface area contributed by atoms with Gasteiger partial charge in [0.25, 0.3) is 5.91 Å². The van der Waals surface area contributed by atoms with Gasteiger partial charge in [-0.15, -0.1) is 0 Å². The minimum absolute atomic E-state index is 0.0958. The Morgan fingerprint density at radius 2 is 2.41 bits per heavy atom. The summed E-state index contributed by atoms with van der Waals surface area (Å²) < 4.78 is 5.37. The molecular formula is C13H20N2O2. The highest BCUT2D eigenvalue weighted by molar-refractivity contribution is 5.92. The van der Waals surface area contributed by atoms with E-state index in [-0.39, 0.29) is 5.91 Å². The first-order chi connectivity index (χ1) is 8.16. The van der Waals surface area contributed by atoms with Crippen molar-refractivity contribution in [3.05, 3.63) is 23.2 Å². The molecule has 0 radical (unpaired) electrons. The molecule has 1 atom stereocenters. The Morgan fingerprint density at radius 1 is 1.59 bits per heavy atom. The van der Waals surface area contributed by atoms with Crippen LogP contribution in [0.3, 0.4) is 0 Å². The Morgan fingerprint density at radius 3 is 3.00 bits per heavy atom. The van der Waals surface area contributed by atoms with Crippen molar-refractivity contribution < 1.29 is 9.21 Å². The molecule has 0 aromatic carbocycles. The summed E-state index contributed by atoms with van der Waals surface area (Å²) in [5, 5.41) is 6.24. The Kier molecular flexibility index (Phi) is 3.84. The third kappa shape index (κ3) is 3.09. The highest BCUT2D eigenvalue weighted by Gasteiger charge is 2.16. The summed E-state index contributed by atoms with van der Waals surface area (Å²) in [4.78, 5) is 11.8. The van der Waals surface area contributed by atoms with Gasteiger partial charge in [-0.25, -0.2) is 0 Å². The number of hydrogen-bond acceptors (Lipinski definition) is 3. The van der Waals surface area contributed by atoms with E-state index in [1.807, 2.05) is 19.9 Å². The predicted octanol–water partition coefficient (Wildman–Crippen LogP) is 1.63. The van der Waals surface area contributed by atoms with E-state index in [4.69, 9.17) is 4.42 Å². The Labute approximate surface area is 102 Å². The van der Waals surface area contributed by atoms with Crippen LogP contribution in [0.15, 0.2) is 10.5 Å². The van der Waals surface area contributed by atoms with Crippen molar-refractivity contribution in [2.24, 2.45) is 5.92 Å². The summed E-state index contributed by atoms with van der Waals surface area (Å²) in [5.41, 5.74) is 0.905. The Bertz CT molecular complexity index is 392. The fourth-order valence-electron chi connectivity index (χ4n) is 2.30. The van der Waals surface area contributed by atoms with E-state index >= 15 is 0 Å². The number of aryl methyl sites for hydroxylation is 2. The molecular weight excluding hydrogens is 216 g/mol. The first-order valence-corrected chi connectivity index (χ1v) is 6.23. The normalized spacial score (nSPS) is 19.5. The zero-order valence-corrected chi connectivity index (χ0v) is 10.5. The molecule has 1 unspecified atom stereocenters. The van der Waals surface area contributed by atoms with Crippen LogP contribution in [0.4, 0.5) is 0 Å². The van der Waals surface area contributed by atoms with Gasteiger partial charge in [0.15, 0.2) is 5.76 Å². The summed E-state index contributed by atoms with van der Waals surface area (Å²) in [6.45, 7) is 6.66. The predicted molar refractivity (Wildman–Crippen MR) is 66.1 cm³/mol. The van der Waals surface area contributed by atoms with Crippen LogP contribution in [-0.2, 0) is 0 Å². The first-order valence-electron chi connectivity index (χ1n) is 6.23. The van der Waals surface area contributed by atoms with Crippen LogP contribution >= 0.6 is 0 Å². The lowest BCUT2D eigenvalue weighted by Gasteiger charge is -2.08. The molecule has 17 heavy (non-hydrogen) atoms. The van der Waals surface area contributed by atoms with Crippen LogP contribution in [0, 0.1) is 19.8 Å². The second-order valence-electron chi connectivity index (χ2n) is 4.77. The average molecular weight is 236 g/mol. The Hall–Kier alpha value is -1.29. The fraction of sp³-hybridized carbons (Fsp3) is 0.615. The smallest absolute Gasteiger partial charge is 0.287 e. The molecule has 4 nitrogen and oxygen atoms in total. The van der Waals surface area contributed by atoms with Crippen LogP contribution < -0.4 is 10.6 Å². The van der Waals surface area contributed by atoms with Gasteiger partial charge in [-0.3, -0.25) is 4.79 Å². The van der Waals surface area contributed by atoms with Crippen molar-refractivity contribution in [1.29, 1.82) is 0 Å². The quantitative estimate of drug-likeness (QED) is 0.835. The SMILES string of the molecule is Cc1cc(C)c(C(=O)NCCC2CCNC2)o1. The lowest BCUT2D eigenvalue weighted by atomic mass is 10.1. The number of furan rings is 1. The molecule has 0 aliphatic carbocycles. The molecule has 0 spiro atoms. The van der Waals surface area contributed by atoms with Gasteiger partial charge in [-0.1, -0.05) is 0 Å². The first kappa shape index (κ1) is 12.2. The van der Waals surface area contributed by atoms with E-state index in [1.54, 1.807) is 0 Å². The van der Waals surface area contributed by atoms with E-state index in [0.29, 0.717) is 11.7 Å². The van der Waals surface area contributed by atoms with Gasteiger partial charge in [0.05, 0.1) is 0 Å². The number of amides is 1. The third-order valence-electron chi connectivity index (χ3n) is 3.25. The van der Waals surface area contributed by atoms with Gasteiger partial charge in [-0.2, -0.15) is 0 Å². The van der Waals surface area contributed by atoms with Crippen LogP contribution in [-0.4, -0.2) is 25.5 Å². The molecule has 1 aromatic rings. The van der Waals surface area contributed by atoms with E-state index in [9.17, 15) is 4.79 Å². The second kappa shape index (κ2) is 5.36. The summed E-state index contributed by atoms with van der Waals surface area (Å²) in [6.07, 6.45) is 2.26. The summed E-state index contributed by atoms with van der Waals surface area (Å²) >= 11 is 0. The second-order valence-corrected chi connectivity index (χ2v) is 4.77. The molecule has 2 rings (SSSR count). The summed E-state index contributed by atoms with van der Waals surface area (Å²) in [5.74, 6) is 1.84. The van der Waals surface area contributed by atoms with Gasteiger partial charge < -0.3 is 15.1 Å². The maximum Gasteiger partial charge on any atom is 0.287 e. The third-order valence-corrected chi connectivity index (χ3v) is 3.25. The lowest BCUT2D eigenvalue weighted by molar-refractivity contribution is 0.0922. The molecule has 1 fully saturated rings. The minimum Gasteiger partial charge on any atom is -0.456 e. The van der Waals surface area contributed by atoms with Gasteiger partial charge in [0.1, 0.15) is 5.76 Å². The summed E-state index contributed by atoms with van der Waals surface area (Å²) in [6, 6.07) is 1.88. The maximum absolute atomic E-state index is 11.8. The van der Waals surface area contributed by atoms with Crippen molar-refractivity contribution in [2.45, 2.75) is 26.7 Å². The molecule has 1 saturated heterocycles. The number of carbonyl (C=O) groups excluding carboxylic acids is 1. The van der Waals surface area contributed by atoms with Crippen molar-refractivity contribution in [3.8, 4) is 0 Å². The van der Waals surface area contributed by atoms with Crippen LogP contribution in [0.5, 0.6) is 0 Å². The number of hydrogen-bond donors (Lipinski definition) is 2. The van der Waals surface area contributed by atoms with Crippen LogP contribution in [0.2, 0.25) is 0 Å². The van der Waals surface area contributed by atoms with E-state index in [1.165, 1.54) is 6.42 Å². The monoisotopic (exact) mass is 236 g/mol. The topological polar surface area (TPSA) is 54.3 Å². The highest BCUT2D eigenvalue weighted by atomic mass is 16.3. The fourth-order valence-corrected chi connectivity index (χ4v) is 2.30. The van der Waals surface area contributed by atoms with Crippen LogP contribution in [0.1, 0.15) is 34.7 Å². The van der Waals surface area contributed by atoms with E-state index in [0.717, 1.165) is 37.4 Å². The molecule has 1 aromatic heterocycles. The van der Waals surface area contributed by atoms with Crippen molar-refractivity contribution >= 4 is 5.91 Å². The molecule has 0 saturated carbocycles. The molecule has 0 bridgehead atoms. The van der Waals surface area contributed by atoms with E-state index in [2.05, 4.69) is 10.6 Å². The maximum atomic E-state index is 11.8. The molecule has 2 N–H and O–H groups in total. The highest BCUT2D eigenvalue weighted by Crippen LogP contribution is 2.14. The zero-order chi connectivity index (χ0) is 12.3. The zero-order valence-electron chi connectivity index (χ0n) is 10.5. The standard InChI is InChI=1S/C13H20N2O2/c1-9-7-10(2)17-12(9)13(16)15-6-4-11-3-5-14-8-11/h7,11,14H,3-6,8H2,1-2H3,(H,15,16). The van der Waals surface area contributed by atoms with E-state index < -0.39 is 0 Å². The molecule has 94 valence electrons. The lowest BCUT2D eigenvalue weighted by Crippen LogP contribution is -2.26. The Balaban J connectivity index is 1.78. The number of nitrogens with one attached hydrogen (secondary N) is 2. The number of rotatable bonds is 4.